The van der Waals surface area contributed by atoms with E-state index in [-0.39, 0.29) is 11.7 Å². The van der Waals surface area contributed by atoms with E-state index >= 15 is 0 Å². The van der Waals surface area contributed by atoms with Crippen LogP contribution in [0.2, 0.25) is 0 Å². The molecule has 0 aliphatic heterocycles. The Morgan fingerprint density at radius 3 is 2.11 bits per heavy atom. The van der Waals surface area contributed by atoms with Crippen molar-refractivity contribution in [1.29, 1.82) is 0 Å². The van der Waals surface area contributed by atoms with Gasteiger partial charge in [0, 0.05) is 0 Å². The van der Waals surface area contributed by atoms with Gasteiger partial charge < -0.3 is 14.9 Å². The topological polar surface area (TPSA) is 77.8 Å². The molecule has 0 fully saturated rings. The van der Waals surface area contributed by atoms with Gasteiger partial charge in [-0.3, -0.25) is 4.57 Å². The van der Waals surface area contributed by atoms with Gasteiger partial charge in [-0.25, -0.2) is 0 Å². The summed E-state index contributed by atoms with van der Waals surface area (Å²) in [6.07, 6.45) is 0.627. The standard InChI is InChI=1S/C4H9O4P/c1-2-4(3-5)9(6,7)8/h3,5H,2H2,1H3,(H2,6,7,8). The molecule has 0 aromatic heterocycles. The van der Waals surface area contributed by atoms with Crippen LogP contribution in [0.4, 0.5) is 0 Å². The Labute approximate surface area is 53.0 Å². The fourth-order valence-corrected chi connectivity index (χ4v) is 0.935. The maximum Gasteiger partial charge on any atom is 0.355 e. The van der Waals surface area contributed by atoms with Gasteiger partial charge in [0.2, 0.25) is 0 Å². The molecule has 0 aromatic rings. The molecule has 0 atom stereocenters. The van der Waals surface area contributed by atoms with Crippen LogP contribution in [0, 0.1) is 0 Å². The van der Waals surface area contributed by atoms with Crippen molar-refractivity contribution in [2.75, 3.05) is 0 Å². The number of aliphatic hydroxyl groups is 1. The molecule has 54 valence electrons. The van der Waals surface area contributed by atoms with Crippen molar-refractivity contribution in [3.63, 3.8) is 0 Å². The van der Waals surface area contributed by atoms with Gasteiger partial charge in [0.15, 0.2) is 0 Å². The van der Waals surface area contributed by atoms with Crippen molar-refractivity contribution in [1.82, 2.24) is 0 Å². The molecule has 3 N–H and O–H groups in total. The van der Waals surface area contributed by atoms with Gasteiger partial charge in [0.05, 0.1) is 11.6 Å². The van der Waals surface area contributed by atoms with Crippen molar-refractivity contribution < 1.29 is 19.5 Å². The van der Waals surface area contributed by atoms with Crippen LogP contribution in [0.15, 0.2) is 11.6 Å². The molecular formula is C4H9O4P. The molecule has 0 unspecified atom stereocenters. The van der Waals surface area contributed by atoms with Gasteiger partial charge in [0.1, 0.15) is 0 Å². The van der Waals surface area contributed by atoms with Crippen LogP contribution in [-0.4, -0.2) is 14.9 Å². The van der Waals surface area contributed by atoms with Crippen molar-refractivity contribution in [2.24, 2.45) is 0 Å². The molecule has 0 amide bonds. The molecule has 0 rings (SSSR count). The molecule has 0 bridgehead atoms. The van der Waals surface area contributed by atoms with Gasteiger partial charge >= 0.3 is 7.60 Å². The number of hydrogen-bond acceptors (Lipinski definition) is 2. The van der Waals surface area contributed by atoms with Crippen LogP contribution in [0.25, 0.3) is 0 Å². The lowest BCUT2D eigenvalue weighted by Gasteiger charge is -2.02. The van der Waals surface area contributed by atoms with E-state index in [1.165, 1.54) is 0 Å². The molecule has 4 nitrogen and oxygen atoms in total. The fourth-order valence-electron chi connectivity index (χ4n) is 0.372. The molecule has 0 aliphatic carbocycles. The van der Waals surface area contributed by atoms with E-state index in [0.29, 0.717) is 6.26 Å². The largest absolute Gasteiger partial charge is 0.515 e. The first-order chi connectivity index (χ1) is 4.02. The first kappa shape index (κ1) is 8.69. The second-order valence-electron chi connectivity index (χ2n) is 1.52. The van der Waals surface area contributed by atoms with Gasteiger partial charge in [0.25, 0.3) is 0 Å². The third-order valence-corrected chi connectivity index (χ3v) is 2.07. The third kappa shape index (κ3) is 2.65. The summed E-state index contributed by atoms with van der Waals surface area (Å²) < 4.78 is 10.3. The SMILES string of the molecule is CCC(=CO)P(=O)(O)O. The highest BCUT2D eigenvalue weighted by molar-refractivity contribution is 7.56. The van der Waals surface area contributed by atoms with Gasteiger partial charge in [-0.15, -0.1) is 0 Å². The zero-order valence-corrected chi connectivity index (χ0v) is 5.88. The minimum atomic E-state index is -4.16. The number of allylic oxidation sites excluding steroid dienone is 1. The molecule has 9 heavy (non-hydrogen) atoms. The zero-order chi connectivity index (χ0) is 7.49. The monoisotopic (exact) mass is 152 g/mol. The summed E-state index contributed by atoms with van der Waals surface area (Å²) in [5.74, 6) is 0. The fraction of sp³-hybridized carbons (Fsp3) is 0.500. The number of aliphatic hydroxyl groups excluding tert-OH is 1. The van der Waals surface area contributed by atoms with Crippen LogP contribution in [0.1, 0.15) is 13.3 Å². The Balaban J connectivity index is 4.34. The molecule has 5 heteroatoms. The average molecular weight is 152 g/mol. The lowest BCUT2D eigenvalue weighted by atomic mass is 10.5. The zero-order valence-electron chi connectivity index (χ0n) is 4.98. The summed E-state index contributed by atoms with van der Waals surface area (Å²) >= 11 is 0. The Hall–Kier alpha value is -0.310. The van der Waals surface area contributed by atoms with Crippen LogP contribution in [0.5, 0.6) is 0 Å². The Bertz CT molecular complexity index is 156. The van der Waals surface area contributed by atoms with Crippen LogP contribution in [0.3, 0.4) is 0 Å². The first-order valence-corrected chi connectivity index (χ1v) is 4.03. The number of rotatable bonds is 2. The minimum absolute atomic E-state index is 0.167. The molecular weight excluding hydrogens is 143 g/mol. The van der Waals surface area contributed by atoms with Crippen LogP contribution >= 0.6 is 7.60 Å². The summed E-state index contributed by atoms with van der Waals surface area (Å²) in [6.45, 7) is 1.56. The van der Waals surface area contributed by atoms with E-state index in [0.717, 1.165) is 0 Å². The van der Waals surface area contributed by atoms with Crippen molar-refractivity contribution >= 4 is 7.60 Å². The molecule has 0 heterocycles. The molecule has 0 saturated heterocycles. The highest BCUT2D eigenvalue weighted by Crippen LogP contribution is 2.45. The molecule has 0 radical (unpaired) electrons. The predicted molar refractivity (Wildman–Crippen MR) is 33.0 cm³/mol. The smallest absolute Gasteiger partial charge is 0.355 e. The van der Waals surface area contributed by atoms with Gasteiger partial charge in [-0.2, -0.15) is 0 Å². The van der Waals surface area contributed by atoms with Crippen LogP contribution in [-0.2, 0) is 4.57 Å². The molecule has 0 aromatic carbocycles. The van der Waals surface area contributed by atoms with Crippen molar-refractivity contribution in [3.05, 3.63) is 11.6 Å². The van der Waals surface area contributed by atoms with E-state index in [1.807, 2.05) is 0 Å². The quantitative estimate of drug-likeness (QED) is 0.407. The van der Waals surface area contributed by atoms with E-state index in [1.54, 1.807) is 6.92 Å². The second-order valence-corrected chi connectivity index (χ2v) is 3.18. The van der Waals surface area contributed by atoms with Crippen molar-refractivity contribution in [2.45, 2.75) is 13.3 Å². The normalized spacial score (nSPS) is 13.9. The maximum absolute atomic E-state index is 10.3. The van der Waals surface area contributed by atoms with Gasteiger partial charge in [-0.1, -0.05) is 6.92 Å². The van der Waals surface area contributed by atoms with E-state index in [9.17, 15) is 4.57 Å². The minimum Gasteiger partial charge on any atom is -0.515 e. The lowest BCUT2D eigenvalue weighted by molar-refractivity contribution is 0.376. The lowest BCUT2D eigenvalue weighted by Crippen LogP contribution is -1.82. The first-order valence-electron chi connectivity index (χ1n) is 2.41. The van der Waals surface area contributed by atoms with Crippen LogP contribution < -0.4 is 0 Å². The van der Waals surface area contributed by atoms with E-state index in [4.69, 9.17) is 14.9 Å². The van der Waals surface area contributed by atoms with Crippen molar-refractivity contribution in [3.8, 4) is 0 Å². The molecule has 0 spiro atoms. The summed E-state index contributed by atoms with van der Waals surface area (Å²) in [7, 11) is -4.16. The Morgan fingerprint density at radius 1 is 1.67 bits per heavy atom. The maximum atomic E-state index is 10.3. The Morgan fingerprint density at radius 2 is 2.11 bits per heavy atom. The summed E-state index contributed by atoms with van der Waals surface area (Å²) in [5, 5.41) is 7.97. The third-order valence-electron chi connectivity index (χ3n) is 0.885. The summed E-state index contributed by atoms with van der Waals surface area (Å²) in [4.78, 5) is 16.7. The van der Waals surface area contributed by atoms with Gasteiger partial charge in [-0.05, 0) is 6.42 Å². The summed E-state index contributed by atoms with van der Waals surface area (Å²) in [5.41, 5.74) is 0. The summed E-state index contributed by atoms with van der Waals surface area (Å²) in [6, 6.07) is 0. The number of hydrogen-bond donors (Lipinski definition) is 3. The molecule has 0 aliphatic rings. The Kier molecular flexibility index (Phi) is 2.91. The van der Waals surface area contributed by atoms with E-state index in [2.05, 4.69) is 0 Å². The highest BCUT2D eigenvalue weighted by atomic mass is 31.2. The average Bonchev–Trinajstić information content (AvgIpc) is 1.65. The highest BCUT2D eigenvalue weighted by Gasteiger charge is 2.18. The molecule has 0 saturated carbocycles. The van der Waals surface area contributed by atoms with E-state index < -0.39 is 7.60 Å². The predicted octanol–water partition coefficient (Wildman–Crippen LogP) is 0.974. The second kappa shape index (κ2) is 3.01.